The molecule has 0 aromatic heterocycles. The molecule has 3 heteroatoms. The first-order valence-electron chi connectivity index (χ1n) is 8.25. The van der Waals surface area contributed by atoms with E-state index in [2.05, 4.69) is 32.6 Å². The van der Waals surface area contributed by atoms with Gasteiger partial charge in [-0.15, -0.1) is 0 Å². The molecule has 1 aliphatic rings. The van der Waals surface area contributed by atoms with Crippen LogP contribution >= 0.6 is 7.37 Å². The van der Waals surface area contributed by atoms with Gasteiger partial charge in [0, 0.05) is 12.2 Å². The van der Waals surface area contributed by atoms with Crippen molar-refractivity contribution < 1.29 is 9.09 Å². The zero-order chi connectivity index (χ0) is 18.4. The van der Waals surface area contributed by atoms with Crippen molar-refractivity contribution in [3.63, 3.8) is 0 Å². The molecule has 130 valence electrons. The third kappa shape index (κ3) is 4.84. The Morgan fingerprint density at radius 3 is 2.20 bits per heavy atom. The van der Waals surface area contributed by atoms with E-state index >= 15 is 0 Å². The minimum absolute atomic E-state index is 0.715. The maximum Gasteiger partial charge on any atom is 0.274 e. The molecule has 0 radical (unpaired) electrons. The van der Waals surface area contributed by atoms with Gasteiger partial charge in [-0.1, -0.05) is 72.4 Å². The van der Waals surface area contributed by atoms with Gasteiger partial charge in [-0.3, -0.25) is 4.57 Å². The van der Waals surface area contributed by atoms with Crippen LogP contribution in [0.1, 0.15) is 20.8 Å². The quantitative estimate of drug-likeness (QED) is 0.464. The van der Waals surface area contributed by atoms with Crippen LogP contribution in [0.2, 0.25) is 0 Å². The van der Waals surface area contributed by atoms with E-state index in [0.717, 1.165) is 16.4 Å². The third-order valence-electron chi connectivity index (χ3n) is 3.79. The Bertz CT molecular complexity index is 871. The second-order valence-corrected chi connectivity index (χ2v) is 8.67. The molecule has 1 heterocycles. The molecule has 1 aliphatic heterocycles. The highest BCUT2D eigenvalue weighted by molar-refractivity contribution is 7.67. The first kappa shape index (κ1) is 19.0. The lowest BCUT2D eigenvalue weighted by atomic mass is 10.0. The molecule has 0 amide bonds. The molecule has 0 saturated heterocycles. The van der Waals surface area contributed by atoms with Crippen molar-refractivity contribution in [2.24, 2.45) is 0 Å². The first-order chi connectivity index (χ1) is 11.8. The minimum Gasteiger partial charge on any atom is -0.439 e. The van der Waals surface area contributed by atoms with E-state index < -0.39 is 7.37 Å². The normalized spacial score (nSPS) is 17.8. The topological polar surface area (TPSA) is 26.3 Å². The Labute approximate surface area is 151 Å². The Kier molecular flexibility index (Phi) is 6.22. The highest BCUT2D eigenvalue weighted by atomic mass is 31.2. The summed E-state index contributed by atoms with van der Waals surface area (Å²) < 4.78 is 18.0. The maximum atomic E-state index is 12.4. The van der Waals surface area contributed by atoms with E-state index in [4.69, 9.17) is 4.52 Å². The Hall–Kier alpha value is -2.31. The molecule has 2 aromatic rings. The monoisotopic (exact) mass is 352 g/mol. The first-order valence-corrected chi connectivity index (χ1v) is 10.3. The van der Waals surface area contributed by atoms with Crippen LogP contribution in [0.25, 0.3) is 11.1 Å². The molecule has 0 N–H and O–H groups in total. The van der Waals surface area contributed by atoms with Crippen molar-refractivity contribution in [2.45, 2.75) is 20.8 Å². The van der Waals surface area contributed by atoms with Crippen molar-refractivity contribution in [1.29, 1.82) is 0 Å². The summed E-state index contributed by atoms with van der Waals surface area (Å²) >= 11 is 0. The molecule has 1 unspecified atom stereocenters. The van der Waals surface area contributed by atoms with Gasteiger partial charge in [0.2, 0.25) is 0 Å². The third-order valence-corrected chi connectivity index (χ3v) is 5.60. The summed E-state index contributed by atoms with van der Waals surface area (Å²) in [7, 11) is -2.71. The fourth-order valence-corrected chi connectivity index (χ4v) is 4.05. The summed E-state index contributed by atoms with van der Waals surface area (Å²) in [6.07, 6.45) is 5.98. The molecule has 3 rings (SSSR count). The average Bonchev–Trinajstić information content (AvgIpc) is 2.60. The average molecular weight is 352 g/mol. The number of benzene rings is 2. The molecule has 2 aromatic carbocycles. The Balaban J connectivity index is 0.000000217. The summed E-state index contributed by atoms with van der Waals surface area (Å²) in [4.78, 5) is 0. The SMILES string of the molecule is C=C/C(C)=C\C=C(C)C.CP1(=O)Oc2ccccc2-c2ccccc21. The van der Waals surface area contributed by atoms with Crippen LogP contribution in [-0.2, 0) is 4.57 Å². The zero-order valence-corrected chi connectivity index (χ0v) is 16.2. The van der Waals surface area contributed by atoms with E-state index in [1.807, 2.05) is 61.5 Å². The fourth-order valence-electron chi connectivity index (χ4n) is 2.43. The van der Waals surface area contributed by atoms with Gasteiger partial charge in [0.25, 0.3) is 7.37 Å². The number of rotatable bonds is 2. The van der Waals surface area contributed by atoms with Crippen LogP contribution in [0.3, 0.4) is 0 Å². The van der Waals surface area contributed by atoms with Crippen molar-refractivity contribution in [1.82, 2.24) is 0 Å². The van der Waals surface area contributed by atoms with Crippen molar-refractivity contribution in [3.8, 4) is 16.9 Å². The Morgan fingerprint density at radius 1 is 0.960 bits per heavy atom. The van der Waals surface area contributed by atoms with E-state index in [-0.39, 0.29) is 0 Å². The lowest BCUT2D eigenvalue weighted by Gasteiger charge is -2.25. The van der Waals surface area contributed by atoms with Gasteiger partial charge < -0.3 is 4.52 Å². The van der Waals surface area contributed by atoms with Gasteiger partial charge in [0.05, 0.1) is 5.30 Å². The number of hydrogen-bond acceptors (Lipinski definition) is 2. The van der Waals surface area contributed by atoms with Crippen LogP contribution in [0.5, 0.6) is 5.75 Å². The Morgan fingerprint density at radius 2 is 1.56 bits per heavy atom. The molecule has 0 fully saturated rings. The maximum absolute atomic E-state index is 12.4. The molecule has 2 nitrogen and oxygen atoms in total. The summed E-state index contributed by atoms with van der Waals surface area (Å²) in [6, 6.07) is 15.4. The molecular formula is C22H25O2P. The molecule has 0 spiro atoms. The molecule has 0 aliphatic carbocycles. The molecule has 0 bridgehead atoms. The van der Waals surface area contributed by atoms with Crippen molar-refractivity contribution in [3.05, 3.63) is 84.5 Å². The molecule has 0 saturated carbocycles. The van der Waals surface area contributed by atoms with Crippen LogP contribution in [-0.4, -0.2) is 6.66 Å². The summed E-state index contributed by atoms with van der Waals surface area (Å²) in [5.41, 5.74) is 4.56. The second kappa shape index (κ2) is 8.18. The number of hydrogen-bond donors (Lipinski definition) is 0. The lowest BCUT2D eigenvalue weighted by molar-refractivity contribution is 0.497. The second-order valence-electron chi connectivity index (χ2n) is 6.31. The number of fused-ring (bicyclic) bond motifs is 3. The van der Waals surface area contributed by atoms with E-state index in [0.29, 0.717) is 5.75 Å². The van der Waals surface area contributed by atoms with E-state index in [9.17, 15) is 4.57 Å². The highest BCUT2D eigenvalue weighted by Crippen LogP contribution is 2.51. The summed E-state index contributed by atoms with van der Waals surface area (Å²) in [6.45, 7) is 11.5. The predicted molar refractivity (Wildman–Crippen MR) is 109 cm³/mol. The van der Waals surface area contributed by atoms with Crippen molar-refractivity contribution in [2.75, 3.05) is 6.66 Å². The van der Waals surface area contributed by atoms with Gasteiger partial charge in [0.1, 0.15) is 5.75 Å². The predicted octanol–water partition coefficient (Wildman–Crippen LogP) is 6.36. The van der Waals surface area contributed by atoms with Crippen LogP contribution in [0, 0.1) is 0 Å². The van der Waals surface area contributed by atoms with Gasteiger partial charge >= 0.3 is 0 Å². The molecule has 1 atom stereocenters. The van der Waals surface area contributed by atoms with Gasteiger partial charge in [-0.05, 0) is 38.5 Å². The van der Waals surface area contributed by atoms with Crippen molar-refractivity contribution >= 4 is 12.7 Å². The molecule has 25 heavy (non-hydrogen) atoms. The standard InChI is InChI=1S/C13H11O2P.C9H14/c1-16(14)13-9-5-3-7-11(13)10-6-2-4-8-12(10)15-16;1-5-9(4)7-6-8(2)3/h2-9H,1H3;5-7H,1H2,2-4H3/b;9-7-. The van der Waals surface area contributed by atoms with Crippen LogP contribution in [0.4, 0.5) is 0 Å². The van der Waals surface area contributed by atoms with Crippen LogP contribution in [0.15, 0.2) is 84.5 Å². The number of allylic oxidation sites excluding steroid dienone is 5. The zero-order valence-electron chi connectivity index (χ0n) is 15.3. The smallest absolute Gasteiger partial charge is 0.274 e. The van der Waals surface area contributed by atoms with Crippen LogP contribution < -0.4 is 9.83 Å². The summed E-state index contributed by atoms with van der Waals surface area (Å²) in [5.74, 6) is 0.715. The van der Waals surface area contributed by atoms with Gasteiger partial charge in [0.15, 0.2) is 0 Å². The van der Waals surface area contributed by atoms with E-state index in [1.54, 1.807) is 6.66 Å². The lowest BCUT2D eigenvalue weighted by Crippen LogP contribution is -2.16. The molecular weight excluding hydrogens is 327 g/mol. The number of para-hydroxylation sites is 1. The fraction of sp³-hybridized carbons (Fsp3) is 0.182. The highest BCUT2D eigenvalue weighted by Gasteiger charge is 2.30. The van der Waals surface area contributed by atoms with Gasteiger partial charge in [-0.2, -0.15) is 0 Å². The van der Waals surface area contributed by atoms with E-state index in [1.165, 1.54) is 11.1 Å². The minimum atomic E-state index is -2.71. The largest absolute Gasteiger partial charge is 0.439 e. The van der Waals surface area contributed by atoms with Gasteiger partial charge in [-0.25, -0.2) is 0 Å². The summed E-state index contributed by atoms with van der Waals surface area (Å²) in [5, 5.41) is 0.814.